The predicted molar refractivity (Wildman–Crippen MR) is 102 cm³/mol. The molecule has 1 aliphatic rings. The van der Waals surface area contributed by atoms with Crippen molar-refractivity contribution in [2.75, 3.05) is 16.8 Å². The number of nitrogens with zero attached hydrogens (tertiary/aromatic N) is 2. The predicted octanol–water partition coefficient (Wildman–Crippen LogP) is 3.34. The van der Waals surface area contributed by atoms with Gasteiger partial charge in [0.25, 0.3) is 0 Å². The summed E-state index contributed by atoms with van der Waals surface area (Å²) in [6.45, 7) is 4.20. The van der Waals surface area contributed by atoms with E-state index in [2.05, 4.69) is 11.4 Å². The number of amides is 2. The van der Waals surface area contributed by atoms with E-state index in [1.54, 1.807) is 53.4 Å². The van der Waals surface area contributed by atoms with Gasteiger partial charge in [0, 0.05) is 24.3 Å². The molecule has 2 amide bonds. The number of rotatable bonds is 5. The molecule has 2 aromatic rings. The second-order valence-electron chi connectivity index (χ2n) is 6.75. The highest BCUT2D eigenvalue weighted by Gasteiger charge is 2.35. The summed E-state index contributed by atoms with van der Waals surface area (Å²) in [5, 5.41) is 11.9. The number of nitrogens with one attached hydrogen (secondary N) is 1. The number of benzene rings is 2. The number of nitriles is 1. The SMILES string of the molecule is CC(C)Oc1ccc(NC(=O)C2CC(=O)N(c3cccc(C#N)c3)C2)cc1. The van der Waals surface area contributed by atoms with E-state index in [1.165, 1.54) is 0 Å². The first kappa shape index (κ1) is 18.5. The monoisotopic (exact) mass is 363 g/mol. The Morgan fingerprint density at radius 1 is 1.26 bits per heavy atom. The first-order valence-corrected chi connectivity index (χ1v) is 8.84. The van der Waals surface area contributed by atoms with Crippen molar-refractivity contribution in [3.8, 4) is 11.8 Å². The largest absolute Gasteiger partial charge is 0.491 e. The molecule has 1 fully saturated rings. The van der Waals surface area contributed by atoms with Gasteiger partial charge in [0.2, 0.25) is 11.8 Å². The zero-order valence-corrected chi connectivity index (χ0v) is 15.3. The molecule has 138 valence electrons. The van der Waals surface area contributed by atoms with Crippen LogP contribution in [-0.4, -0.2) is 24.5 Å². The molecule has 6 heteroatoms. The summed E-state index contributed by atoms with van der Waals surface area (Å²) in [7, 11) is 0. The molecule has 1 atom stereocenters. The topological polar surface area (TPSA) is 82.4 Å². The van der Waals surface area contributed by atoms with Crippen molar-refractivity contribution in [1.29, 1.82) is 5.26 Å². The minimum Gasteiger partial charge on any atom is -0.491 e. The van der Waals surface area contributed by atoms with Crippen molar-refractivity contribution < 1.29 is 14.3 Å². The molecule has 0 spiro atoms. The summed E-state index contributed by atoms with van der Waals surface area (Å²) in [5.74, 6) is -0.0110. The Kier molecular flexibility index (Phi) is 5.41. The first-order chi connectivity index (χ1) is 13.0. The Bertz CT molecular complexity index is 884. The van der Waals surface area contributed by atoms with Crippen LogP contribution < -0.4 is 15.0 Å². The van der Waals surface area contributed by atoms with Crippen LogP contribution in [0.3, 0.4) is 0 Å². The third-order valence-electron chi connectivity index (χ3n) is 4.28. The van der Waals surface area contributed by atoms with E-state index in [0.29, 0.717) is 23.5 Å². The molecule has 27 heavy (non-hydrogen) atoms. The molecule has 1 unspecified atom stereocenters. The zero-order valence-electron chi connectivity index (χ0n) is 15.3. The molecule has 1 saturated heterocycles. The standard InChI is InChI=1S/C21H21N3O3/c1-14(2)27-19-8-6-17(7-9-19)23-21(26)16-11-20(25)24(13-16)18-5-3-4-15(10-18)12-22/h3-10,14,16H,11,13H2,1-2H3,(H,23,26). The van der Waals surface area contributed by atoms with Crippen molar-refractivity contribution in [3.63, 3.8) is 0 Å². The van der Waals surface area contributed by atoms with E-state index in [-0.39, 0.29) is 24.3 Å². The van der Waals surface area contributed by atoms with Crippen LogP contribution in [0.1, 0.15) is 25.8 Å². The van der Waals surface area contributed by atoms with E-state index < -0.39 is 5.92 Å². The Balaban J connectivity index is 1.64. The second-order valence-corrected chi connectivity index (χ2v) is 6.75. The molecule has 0 radical (unpaired) electrons. The van der Waals surface area contributed by atoms with Gasteiger partial charge < -0.3 is 15.0 Å². The summed E-state index contributed by atoms with van der Waals surface area (Å²) in [4.78, 5) is 26.4. The van der Waals surface area contributed by atoms with E-state index in [1.807, 2.05) is 13.8 Å². The van der Waals surface area contributed by atoms with Gasteiger partial charge in [-0.25, -0.2) is 0 Å². The summed E-state index contributed by atoms with van der Waals surface area (Å²) in [6, 6.07) is 16.1. The molecule has 1 N–H and O–H groups in total. The van der Waals surface area contributed by atoms with Crippen LogP contribution in [0.2, 0.25) is 0 Å². The fourth-order valence-electron chi connectivity index (χ4n) is 3.01. The summed E-state index contributed by atoms with van der Waals surface area (Å²) >= 11 is 0. The second kappa shape index (κ2) is 7.92. The Labute approximate surface area is 158 Å². The van der Waals surface area contributed by atoms with Crippen LogP contribution in [0, 0.1) is 17.2 Å². The Morgan fingerprint density at radius 3 is 2.67 bits per heavy atom. The van der Waals surface area contributed by atoms with Crippen LogP contribution in [0.4, 0.5) is 11.4 Å². The van der Waals surface area contributed by atoms with Gasteiger partial charge in [-0.1, -0.05) is 6.07 Å². The van der Waals surface area contributed by atoms with Gasteiger partial charge in [-0.05, 0) is 56.3 Å². The molecule has 1 aliphatic heterocycles. The van der Waals surface area contributed by atoms with Crippen LogP contribution in [0.25, 0.3) is 0 Å². The van der Waals surface area contributed by atoms with Crippen LogP contribution >= 0.6 is 0 Å². The van der Waals surface area contributed by atoms with Crippen LogP contribution in [-0.2, 0) is 9.59 Å². The lowest BCUT2D eigenvalue weighted by atomic mass is 10.1. The van der Waals surface area contributed by atoms with Crippen molar-refractivity contribution >= 4 is 23.2 Å². The van der Waals surface area contributed by atoms with Gasteiger partial charge in [-0.3, -0.25) is 9.59 Å². The summed E-state index contributed by atoms with van der Waals surface area (Å²) in [5.41, 5.74) is 1.79. The maximum absolute atomic E-state index is 12.5. The number of carbonyl (C=O) groups excluding carboxylic acids is 2. The van der Waals surface area contributed by atoms with E-state index >= 15 is 0 Å². The van der Waals surface area contributed by atoms with E-state index in [4.69, 9.17) is 10.00 Å². The molecule has 1 heterocycles. The molecule has 0 saturated carbocycles. The highest BCUT2D eigenvalue weighted by Crippen LogP contribution is 2.27. The fraction of sp³-hybridized carbons (Fsp3) is 0.286. The van der Waals surface area contributed by atoms with Gasteiger partial charge >= 0.3 is 0 Å². The molecule has 2 aromatic carbocycles. The Hall–Kier alpha value is -3.33. The molecule has 0 aromatic heterocycles. The van der Waals surface area contributed by atoms with Crippen molar-refractivity contribution in [3.05, 3.63) is 54.1 Å². The number of hydrogen-bond donors (Lipinski definition) is 1. The number of ether oxygens (including phenoxy) is 1. The van der Waals surface area contributed by atoms with Crippen molar-refractivity contribution in [2.45, 2.75) is 26.4 Å². The lowest BCUT2D eigenvalue weighted by molar-refractivity contribution is -0.122. The minimum absolute atomic E-state index is 0.0838. The van der Waals surface area contributed by atoms with Gasteiger partial charge in [0.1, 0.15) is 5.75 Å². The van der Waals surface area contributed by atoms with Crippen molar-refractivity contribution in [1.82, 2.24) is 0 Å². The molecular weight excluding hydrogens is 342 g/mol. The number of anilines is 2. The molecule has 6 nitrogen and oxygen atoms in total. The number of hydrogen-bond acceptors (Lipinski definition) is 4. The summed E-state index contributed by atoms with van der Waals surface area (Å²) < 4.78 is 5.58. The fourth-order valence-corrected chi connectivity index (χ4v) is 3.01. The van der Waals surface area contributed by atoms with Gasteiger partial charge in [0.05, 0.1) is 23.7 Å². The van der Waals surface area contributed by atoms with Gasteiger partial charge in [-0.15, -0.1) is 0 Å². The Morgan fingerprint density at radius 2 is 2.00 bits per heavy atom. The lowest BCUT2D eigenvalue weighted by Crippen LogP contribution is -2.28. The van der Waals surface area contributed by atoms with Crippen LogP contribution in [0.15, 0.2) is 48.5 Å². The number of carbonyl (C=O) groups is 2. The maximum Gasteiger partial charge on any atom is 0.229 e. The van der Waals surface area contributed by atoms with Gasteiger partial charge in [0.15, 0.2) is 0 Å². The average molecular weight is 363 g/mol. The third-order valence-corrected chi connectivity index (χ3v) is 4.28. The highest BCUT2D eigenvalue weighted by atomic mass is 16.5. The first-order valence-electron chi connectivity index (χ1n) is 8.84. The lowest BCUT2D eigenvalue weighted by Gasteiger charge is -2.17. The average Bonchev–Trinajstić information content (AvgIpc) is 3.05. The third kappa shape index (κ3) is 4.45. The van der Waals surface area contributed by atoms with E-state index in [0.717, 1.165) is 5.75 Å². The zero-order chi connectivity index (χ0) is 19.4. The van der Waals surface area contributed by atoms with Crippen LogP contribution in [0.5, 0.6) is 5.75 Å². The molecule has 3 rings (SSSR count). The normalized spacial score (nSPS) is 16.3. The van der Waals surface area contributed by atoms with E-state index in [9.17, 15) is 9.59 Å². The minimum atomic E-state index is -0.435. The molecule has 0 aliphatic carbocycles. The highest BCUT2D eigenvalue weighted by molar-refractivity contribution is 6.03. The molecular formula is C21H21N3O3. The van der Waals surface area contributed by atoms with Crippen molar-refractivity contribution in [2.24, 2.45) is 5.92 Å². The van der Waals surface area contributed by atoms with Gasteiger partial charge in [-0.2, -0.15) is 5.26 Å². The smallest absolute Gasteiger partial charge is 0.229 e. The quantitative estimate of drug-likeness (QED) is 0.883. The summed E-state index contributed by atoms with van der Waals surface area (Å²) in [6.07, 6.45) is 0.234. The molecule has 0 bridgehead atoms. The maximum atomic E-state index is 12.5.